The molecule has 3 atom stereocenters. The van der Waals surface area contributed by atoms with E-state index in [0.717, 1.165) is 29.0 Å². The van der Waals surface area contributed by atoms with Crippen molar-refractivity contribution in [2.24, 2.45) is 5.92 Å². The second-order valence-electron chi connectivity index (χ2n) is 6.65. The zero-order chi connectivity index (χ0) is 18.3. The van der Waals surface area contributed by atoms with Gasteiger partial charge in [-0.15, -0.1) is 0 Å². The van der Waals surface area contributed by atoms with Crippen LogP contribution in [-0.4, -0.2) is 20.2 Å². The van der Waals surface area contributed by atoms with E-state index in [1.54, 1.807) is 26.4 Å². The van der Waals surface area contributed by atoms with E-state index >= 15 is 0 Å². The molecule has 26 heavy (non-hydrogen) atoms. The predicted octanol–water partition coefficient (Wildman–Crippen LogP) is 2.89. The maximum atomic E-state index is 11.2. The molecular weight excluding hydrogens is 330 g/mol. The van der Waals surface area contributed by atoms with Gasteiger partial charge in [0, 0.05) is 17.2 Å². The number of hydrogen-bond acceptors (Lipinski definition) is 5. The van der Waals surface area contributed by atoms with Gasteiger partial charge in [-0.2, -0.15) is 0 Å². The van der Waals surface area contributed by atoms with Crippen LogP contribution < -0.4 is 19.9 Å². The standard InChI is InChI=1S/C21H21NO4/c1-25-18-8-4-7-15(20(18)26-2)19-14-6-3-5-13(14)16-11-12(21(23)24)9-10-17(16)22-19/h3-5,7-11,13-14,19,22H,6H2,1-2H3,(H,23,24)/p-1/t13-,14+,19+/m1/s1. The number of fused-ring (bicyclic) bond motifs is 3. The molecule has 1 heterocycles. The largest absolute Gasteiger partial charge is 0.545 e. The monoisotopic (exact) mass is 350 g/mol. The fourth-order valence-corrected chi connectivity index (χ4v) is 4.19. The maximum Gasteiger partial charge on any atom is 0.165 e. The molecule has 0 saturated heterocycles. The molecule has 0 bridgehead atoms. The number of rotatable bonds is 4. The second-order valence-corrected chi connectivity index (χ2v) is 6.65. The summed E-state index contributed by atoms with van der Waals surface area (Å²) in [6.07, 6.45) is 5.25. The predicted molar refractivity (Wildman–Crippen MR) is 96.7 cm³/mol. The topological polar surface area (TPSA) is 70.6 Å². The lowest BCUT2D eigenvalue weighted by molar-refractivity contribution is -0.255. The number of carbonyl (C=O) groups is 1. The lowest BCUT2D eigenvalue weighted by Crippen LogP contribution is -2.30. The first-order chi connectivity index (χ1) is 12.6. The highest BCUT2D eigenvalue weighted by atomic mass is 16.5. The summed E-state index contributed by atoms with van der Waals surface area (Å²) >= 11 is 0. The molecule has 1 aliphatic heterocycles. The van der Waals surface area contributed by atoms with Gasteiger partial charge in [-0.1, -0.05) is 30.4 Å². The summed E-state index contributed by atoms with van der Waals surface area (Å²) in [4.78, 5) is 11.2. The van der Waals surface area contributed by atoms with E-state index in [9.17, 15) is 9.90 Å². The molecule has 5 nitrogen and oxygen atoms in total. The molecule has 0 spiro atoms. The number of benzene rings is 2. The molecule has 1 aliphatic carbocycles. The van der Waals surface area contributed by atoms with Gasteiger partial charge in [0.25, 0.3) is 0 Å². The summed E-state index contributed by atoms with van der Waals surface area (Å²) in [6.45, 7) is 0. The summed E-state index contributed by atoms with van der Waals surface area (Å²) in [7, 11) is 3.28. The highest BCUT2D eigenvalue weighted by Gasteiger charge is 2.39. The van der Waals surface area contributed by atoms with E-state index in [-0.39, 0.29) is 23.4 Å². The van der Waals surface area contributed by atoms with Gasteiger partial charge >= 0.3 is 0 Å². The Morgan fingerprint density at radius 1 is 1.15 bits per heavy atom. The third-order valence-corrected chi connectivity index (χ3v) is 5.37. The molecular formula is C21H20NO4-. The van der Waals surface area contributed by atoms with Gasteiger partial charge in [-0.3, -0.25) is 0 Å². The highest BCUT2D eigenvalue weighted by Crippen LogP contribution is 2.52. The van der Waals surface area contributed by atoms with Crippen LogP contribution in [-0.2, 0) is 0 Å². The number of methoxy groups -OCH3 is 2. The second kappa shape index (κ2) is 6.41. The molecule has 1 N–H and O–H groups in total. The lowest BCUT2D eigenvalue weighted by atomic mass is 9.76. The Kier molecular flexibility index (Phi) is 4.07. The van der Waals surface area contributed by atoms with Crippen LogP contribution in [0.3, 0.4) is 0 Å². The maximum absolute atomic E-state index is 11.2. The number of carboxylic acid groups (broad SMARTS) is 1. The van der Waals surface area contributed by atoms with E-state index in [1.165, 1.54) is 0 Å². The Morgan fingerprint density at radius 2 is 2.00 bits per heavy atom. The number of allylic oxidation sites excluding steroid dienone is 2. The molecule has 0 fully saturated rings. The number of anilines is 1. The Morgan fingerprint density at radius 3 is 2.73 bits per heavy atom. The molecule has 2 aromatic rings. The molecule has 0 amide bonds. The van der Waals surface area contributed by atoms with Crippen LogP contribution in [0.5, 0.6) is 11.5 Å². The molecule has 134 valence electrons. The fraction of sp³-hybridized carbons (Fsp3) is 0.286. The number of para-hydroxylation sites is 1. The number of nitrogens with one attached hydrogen (secondary N) is 1. The van der Waals surface area contributed by atoms with Crippen LogP contribution in [0.4, 0.5) is 5.69 Å². The number of aromatic carboxylic acids is 1. The summed E-state index contributed by atoms with van der Waals surface area (Å²) in [5.41, 5.74) is 3.20. The van der Waals surface area contributed by atoms with Gasteiger partial charge < -0.3 is 24.7 Å². The Balaban J connectivity index is 1.81. The van der Waals surface area contributed by atoms with Crippen LogP contribution in [0.1, 0.15) is 39.9 Å². The van der Waals surface area contributed by atoms with Crippen molar-refractivity contribution < 1.29 is 19.4 Å². The molecule has 0 unspecified atom stereocenters. The normalized spacial score (nSPS) is 22.9. The van der Waals surface area contributed by atoms with Crippen molar-refractivity contribution in [3.63, 3.8) is 0 Å². The molecule has 0 saturated carbocycles. The molecule has 2 aliphatic rings. The average molecular weight is 350 g/mol. The van der Waals surface area contributed by atoms with Crippen molar-refractivity contribution in [3.05, 3.63) is 65.2 Å². The third-order valence-electron chi connectivity index (χ3n) is 5.37. The van der Waals surface area contributed by atoms with Crippen LogP contribution >= 0.6 is 0 Å². The van der Waals surface area contributed by atoms with E-state index in [0.29, 0.717) is 5.75 Å². The van der Waals surface area contributed by atoms with Gasteiger partial charge in [-0.25, -0.2) is 0 Å². The number of carboxylic acids is 1. The smallest absolute Gasteiger partial charge is 0.165 e. The van der Waals surface area contributed by atoms with E-state index in [1.807, 2.05) is 18.2 Å². The van der Waals surface area contributed by atoms with Crippen molar-refractivity contribution >= 4 is 11.7 Å². The lowest BCUT2D eigenvalue weighted by Gasteiger charge is -2.38. The quantitative estimate of drug-likeness (QED) is 0.859. The molecule has 0 aromatic heterocycles. The van der Waals surface area contributed by atoms with Crippen molar-refractivity contribution in [1.82, 2.24) is 0 Å². The zero-order valence-electron chi connectivity index (χ0n) is 14.7. The first-order valence-electron chi connectivity index (χ1n) is 8.63. The van der Waals surface area contributed by atoms with Gasteiger partial charge in [0.05, 0.1) is 26.2 Å². The van der Waals surface area contributed by atoms with Crippen molar-refractivity contribution in [2.45, 2.75) is 18.4 Å². The summed E-state index contributed by atoms with van der Waals surface area (Å²) in [5, 5.41) is 14.8. The van der Waals surface area contributed by atoms with Crippen LogP contribution in [0.2, 0.25) is 0 Å². The van der Waals surface area contributed by atoms with Crippen molar-refractivity contribution in [1.29, 1.82) is 0 Å². The third kappa shape index (κ3) is 2.51. The SMILES string of the molecule is COc1cccc([C@H]2Nc3ccc(C(=O)[O-])cc3[C@@H]3C=CC[C@H]23)c1OC. The summed E-state index contributed by atoms with van der Waals surface area (Å²) in [5.74, 6) is 0.718. The first-order valence-corrected chi connectivity index (χ1v) is 8.63. The Labute approximate surface area is 152 Å². The highest BCUT2D eigenvalue weighted by molar-refractivity contribution is 5.87. The number of ether oxygens (including phenoxy) is 2. The molecule has 5 heteroatoms. The van der Waals surface area contributed by atoms with Crippen LogP contribution in [0, 0.1) is 5.92 Å². The average Bonchev–Trinajstić information content (AvgIpc) is 3.16. The fourth-order valence-electron chi connectivity index (χ4n) is 4.19. The van der Waals surface area contributed by atoms with Gasteiger partial charge in [0.2, 0.25) is 0 Å². The minimum Gasteiger partial charge on any atom is -0.545 e. The molecule has 0 radical (unpaired) electrons. The van der Waals surface area contributed by atoms with Gasteiger partial charge in [0.15, 0.2) is 11.5 Å². The Bertz CT molecular complexity index is 890. The Hall–Kier alpha value is -2.95. The van der Waals surface area contributed by atoms with E-state index in [4.69, 9.17) is 9.47 Å². The molecule has 2 aromatic carbocycles. The van der Waals surface area contributed by atoms with E-state index in [2.05, 4.69) is 23.5 Å². The minimum atomic E-state index is -1.15. The summed E-state index contributed by atoms with van der Waals surface area (Å²) < 4.78 is 11.1. The number of carbonyl (C=O) groups excluding carboxylic acids is 1. The van der Waals surface area contributed by atoms with Gasteiger partial charge in [-0.05, 0) is 41.7 Å². The summed E-state index contributed by atoms with van der Waals surface area (Å²) in [6, 6.07) is 11.1. The number of hydrogen-bond donors (Lipinski definition) is 1. The first kappa shape index (κ1) is 16.5. The van der Waals surface area contributed by atoms with Crippen molar-refractivity contribution in [2.75, 3.05) is 19.5 Å². The zero-order valence-corrected chi connectivity index (χ0v) is 14.7. The van der Waals surface area contributed by atoms with Crippen molar-refractivity contribution in [3.8, 4) is 11.5 Å². The van der Waals surface area contributed by atoms with Crippen LogP contribution in [0.25, 0.3) is 0 Å². The minimum absolute atomic E-state index is 0.0429. The van der Waals surface area contributed by atoms with Crippen LogP contribution in [0.15, 0.2) is 48.6 Å². The molecule has 4 rings (SSSR count). The van der Waals surface area contributed by atoms with Gasteiger partial charge in [0.1, 0.15) is 0 Å². The van der Waals surface area contributed by atoms with E-state index < -0.39 is 5.97 Å².